The fourth-order valence-electron chi connectivity index (χ4n) is 1.42. The van der Waals surface area contributed by atoms with Crippen molar-refractivity contribution in [1.82, 2.24) is 15.2 Å². The summed E-state index contributed by atoms with van der Waals surface area (Å²) >= 11 is 0. The summed E-state index contributed by atoms with van der Waals surface area (Å²) in [6.07, 6.45) is 5.23. The molecule has 6 nitrogen and oxygen atoms in total. The molecule has 3 N–H and O–H groups in total. The van der Waals surface area contributed by atoms with E-state index in [0.717, 1.165) is 23.3 Å². The standard InChI is InChI=1S/C12H18N4O2/c1-16(12(13)18)9-11(17)15-7-3-5-10-4-2-6-14-8-10/h2,4,6,8H,3,5,7,9H2,1H3,(H2,13,18)(H,15,17). The summed E-state index contributed by atoms with van der Waals surface area (Å²) in [4.78, 5) is 27.3. The van der Waals surface area contributed by atoms with Crippen molar-refractivity contribution in [2.24, 2.45) is 5.73 Å². The highest BCUT2D eigenvalue weighted by molar-refractivity contribution is 5.83. The van der Waals surface area contributed by atoms with Crippen LogP contribution >= 0.6 is 0 Å². The molecule has 0 aliphatic rings. The number of aryl methyl sites for hydroxylation is 1. The van der Waals surface area contributed by atoms with Gasteiger partial charge >= 0.3 is 6.03 Å². The summed E-state index contributed by atoms with van der Waals surface area (Å²) in [5, 5.41) is 2.73. The molecule has 1 aromatic rings. The fourth-order valence-corrected chi connectivity index (χ4v) is 1.42. The number of amides is 3. The van der Waals surface area contributed by atoms with Crippen LogP contribution in [0.3, 0.4) is 0 Å². The zero-order valence-electron chi connectivity index (χ0n) is 10.4. The zero-order chi connectivity index (χ0) is 13.4. The first-order valence-corrected chi connectivity index (χ1v) is 5.76. The lowest BCUT2D eigenvalue weighted by Crippen LogP contribution is -2.41. The average molecular weight is 250 g/mol. The van der Waals surface area contributed by atoms with E-state index in [1.54, 1.807) is 6.20 Å². The second-order valence-corrected chi connectivity index (χ2v) is 4.01. The predicted octanol–water partition coefficient (Wildman–Crippen LogP) is 0.141. The number of nitrogens with zero attached hydrogens (tertiary/aromatic N) is 2. The topological polar surface area (TPSA) is 88.3 Å². The highest BCUT2D eigenvalue weighted by Crippen LogP contribution is 1.99. The van der Waals surface area contributed by atoms with E-state index in [1.165, 1.54) is 7.05 Å². The Morgan fingerprint density at radius 3 is 2.89 bits per heavy atom. The Balaban J connectivity index is 2.14. The van der Waals surface area contributed by atoms with Crippen LogP contribution in [0.4, 0.5) is 4.79 Å². The minimum Gasteiger partial charge on any atom is -0.355 e. The number of nitrogens with one attached hydrogen (secondary N) is 1. The van der Waals surface area contributed by atoms with Gasteiger partial charge < -0.3 is 16.0 Å². The Labute approximate surface area is 106 Å². The third-order valence-corrected chi connectivity index (χ3v) is 2.44. The molecule has 0 saturated heterocycles. The summed E-state index contributed by atoms with van der Waals surface area (Å²) in [6, 6.07) is 3.27. The van der Waals surface area contributed by atoms with E-state index in [-0.39, 0.29) is 12.5 Å². The van der Waals surface area contributed by atoms with Crippen molar-refractivity contribution in [3.63, 3.8) is 0 Å². The first kappa shape index (κ1) is 14.0. The van der Waals surface area contributed by atoms with E-state index in [9.17, 15) is 9.59 Å². The van der Waals surface area contributed by atoms with E-state index in [0.29, 0.717) is 6.54 Å². The molecule has 1 aromatic heterocycles. The smallest absolute Gasteiger partial charge is 0.314 e. The third kappa shape index (κ3) is 5.29. The fraction of sp³-hybridized carbons (Fsp3) is 0.417. The van der Waals surface area contributed by atoms with Gasteiger partial charge in [-0.05, 0) is 24.5 Å². The van der Waals surface area contributed by atoms with Crippen LogP contribution in [-0.4, -0.2) is 42.0 Å². The van der Waals surface area contributed by atoms with E-state index >= 15 is 0 Å². The van der Waals surface area contributed by atoms with E-state index in [4.69, 9.17) is 5.73 Å². The molecule has 0 saturated carbocycles. The number of pyridine rings is 1. The van der Waals surface area contributed by atoms with Gasteiger partial charge in [-0.1, -0.05) is 6.07 Å². The minimum atomic E-state index is -0.611. The van der Waals surface area contributed by atoms with Crippen molar-refractivity contribution in [3.05, 3.63) is 30.1 Å². The van der Waals surface area contributed by atoms with Gasteiger partial charge in [-0.2, -0.15) is 0 Å². The van der Waals surface area contributed by atoms with Crippen LogP contribution in [0.1, 0.15) is 12.0 Å². The van der Waals surface area contributed by atoms with Crippen molar-refractivity contribution < 1.29 is 9.59 Å². The second kappa shape index (κ2) is 7.26. The van der Waals surface area contributed by atoms with Gasteiger partial charge in [-0.25, -0.2) is 4.79 Å². The van der Waals surface area contributed by atoms with Gasteiger partial charge in [-0.15, -0.1) is 0 Å². The Hall–Kier alpha value is -2.11. The van der Waals surface area contributed by atoms with Gasteiger partial charge in [-0.3, -0.25) is 9.78 Å². The number of likely N-dealkylation sites (N-methyl/N-ethyl adjacent to an activating group) is 1. The summed E-state index contributed by atoms with van der Waals surface area (Å²) < 4.78 is 0. The molecule has 0 aliphatic heterocycles. The van der Waals surface area contributed by atoms with E-state index < -0.39 is 6.03 Å². The molecule has 0 atom stereocenters. The first-order valence-electron chi connectivity index (χ1n) is 5.76. The van der Waals surface area contributed by atoms with Crippen LogP contribution in [0.25, 0.3) is 0 Å². The second-order valence-electron chi connectivity index (χ2n) is 4.01. The number of rotatable bonds is 6. The number of hydrogen-bond donors (Lipinski definition) is 2. The quantitative estimate of drug-likeness (QED) is 0.704. The number of carbonyl (C=O) groups is 2. The number of carbonyl (C=O) groups excluding carboxylic acids is 2. The Bertz CT molecular complexity index is 394. The van der Waals surface area contributed by atoms with Gasteiger partial charge in [0.1, 0.15) is 6.54 Å². The van der Waals surface area contributed by atoms with Gasteiger partial charge in [0, 0.05) is 26.0 Å². The lowest BCUT2D eigenvalue weighted by molar-refractivity contribution is -0.121. The van der Waals surface area contributed by atoms with Crippen molar-refractivity contribution in [1.29, 1.82) is 0 Å². The molecule has 3 amide bonds. The van der Waals surface area contributed by atoms with Gasteiger partial charge in [0.05, 0.1) is 0 Å². The van der Waals surface area contributed by atoms with Crippen LogP contribution < -0.4 is 11.1 Å². The molecule has 1 rings (SSSR count). The normalized spacial score (nSPS) is 9.83. The van der Waals surface area contributed by atoms with Crippen molar-refractivity contribution in [3.8, 4) is 0 Å². The Kier molecular flexibility index (Phi) is 5.63. The molecule has 1 heterocycles. The molecule has 0 aromatic carbocycles. The molecule has 0 aliphatic carbocycles. The number of hydrogen-bond acceptors (Lipinski definition) is 3. The van der Waals surface area contributed by atoms with Gasteiger partial charge in [0.15, 0.2) is 0 Å². The maximum atomic E-state index is 11.4. The number of nitrogens with two attached hydrogens (primary N) is 1. The first-order chi connectivity index (χ1) is 8.59. The van der Waals surface area contributed by atoms with Crippen molar-refractivity contribution >= 4 is 11.9 Å². The highest BCUT2D eigenvalue weighted by Gasteiger charge is 2.08. The molecular weight excluding hydrogens is 232 g/mol. The van der Waals surface area contributed by atoms with Crippen LogP contribution in [0.5, 0.6) is 0 Å². The van der Waals surface area contributed by atoms with Gasteiger partial charge in [0.2, 0.25) is 5.91 Å². The van der Waals surface area contributed by atoms with Crippen LogP contribution in [-0.2, 0) is 11.2 Å². The van der Waals surface area contributed by atoms with E-state index in [2.05, 4.69) is 10.3 Å². The zero-order valence-corrected chi connectivity index (χ0v) is 10.4. The molecule has 0 fully saturated rings. The molecule has 6 heteroatoms. The molecule has 0 unspecified atom stereocenters. The summed E-state index contributed by atoms with van der Waals surface area (Å²) in [6.45, 7) is 0.558. The lowest BCUT2D eigenvalue weighted by atomic mass is 10.1. The number of primary amides is 1. The highest BCUT2D eigenvalue weighted by atomic mass is 16.2. The lowest BCUT2D eigenvalue weighted by Gasteiger charge is -2.13. The van der Waals surface area contributed by atoms with Crippen LogP contribution in [0.15, 0.2) is 24.5 Å². The molecule has 0 radical (unpaired) electrons. The summed E-state index contributed by atoms with van der Waals surface area (Å²) in [5.41, 5.74) is 6.15. The minimum absolute atomic E-state index is 0.0117. The molecule has 18 heavy (non-hydrogen) atoms. The average Bonchev–Trinajstić information content (AvgIpc) is 2.35. The van der Waals surface area contributed by atoms with Crippen molar-refractivity contribution in [2.45, 2.75) is 12.8 Å². The van der Waals surface area contributed by atoms with E-state index in [1.807, 2.05) is 18.3 Å². The Morgan fingerprint density at radius 1 is 1.50 bits per heavy atom. The number of aromatic nitrogens is 1. The molecular formula is C12H18N4O2. The summed E-state index contributed by atoms with van der Waals surface area (Å²) in [5.74, 6) is -0.206. The third-order valence-electron chi connectivity index (χ3n) is 2.44. The SMILES string of the molecule is CN(CC(=O)NCCCc1cccnc1)C(N)=O. The Morgan fingerprint density at radius 2 is 2.28 bits per heavy atom. The summed E-state index contributed by atoms with van der Waals surface area (Å²) in [7, 11) is 1.48. The van der Waals surface area contributed by atoms with Gasteiger partial charge in [0.25, 0.3) is 0 Å². The maximum Gasteiger partial charge on any atom is 0.314 e. The van der Waals surface area contributed by atoms with Crippen molar-refractivity contribution in [2.75, 3.05) is 20.1 Å². The predicted molar refractivity (Wildman–Crippen MR) is 67.8 cm³/mol. The van der Waals surface area contributed by atoms with Crippen LogP contribution in [0.2, 0.25) is 0 Å². The molecule has 0 spiro atoms. The van der Waals surface area contributed by atoms with Crippen LogP contribution in [0, 0.1) is 0 Å². The molecule has 98 valence electrons. The largest absolute Gasteiger partial charge is 0.355 e. The maximum absolute atomic E-state index is 11.4. The number of urea groups is 1. The molecule has 0 bridgehead atoms. The monoisotopic (exact) mass is 250 g/mol.